The van der Waals surface area contributed by atoms with Crippen molar-refractivity contribution in [3.63, 3.8) is 0 Å². The van der Waals surface area contributed by atoms with Gasteiger partial charge in [-0.2, -0.15) is 0 Å². The lowest BCUT2D eigenvalue weighted by Gasteiger charge is -2.18. The molecular weight excluding hydrogens is 254 g/mol. The highest BCUT2D eigenvalue weighted by Gasteiger charge is 2.10. The summed E-state index contributed by atoms with van der Waals surface area (Å²) in [6.07, 6.45) is 2.55. The Morgan fingerprint density at radius 2 is 2.15 bits per heavy atom. The summed E-state index contributed by atoms with van der Waals surface area (Å²) in [6, 6.07) is 8.97. The van der Waals surface area contributed by atoms with Gasteiger partial charge in [0.2, 0.25) is 0 Å². The first-order valence-electron chi connectivity index (χ1n) is 6.39. The number of likely N-dealkylation sites (N-methyl/N-ethyl adjacent to an activating group) is 1. The molecule has 0 atom stereocenters. The number of carbonyl (C=O) groups is 1. The van der Waals surface area contributed by atoms with Crippen LogP contribution in [0.4, 0.5) is 5.82 Å². The van der Waals surface area contributed by atoms with Crippen LogP contribution in [0.2, 0.25) is 0 Å². The third-order valence-corrected chi connectivity index (χ3v) is 3.01. The Balaban J connectivity index is 2.09. The largest absolute Gasteiger partial charge is 0.478 e. The van der Waals surface area contributed by atoms with Crippen molar-refractivity contribution in [3.8, 4) is 0 Å². The minimum absolute atomic E-state index is 0.261. The molecule has 104 valence electrons. The molecule has 0 aliphatic carbocycles. The normalized spacial score (nSPS) is 10.3. The quantitative estimate of drug-likeness (QED) is 0.902. The lowest BCUT2D eigenvalue weighted by Crippen LogP contribution is -2.22. The molecule has 0 fully saturated rings. The number of anilines is 1. The molecule has 20 heavy (non-hydrogen) atoms. The zero-order chi connectivity index (χ0) is 14.5. The standard InChI is InChI=1S/C15H17N3O2/c1-11-9-12(15(19)20)10-14(17-11)18(2)8-6-13-5-3-4-7-16-13/h3-5,7,9-10H,6,8H2,1-2H3,(H,19,20). The smallest absolute Gasteiger partial charge is 0.335 e. The maximum Gasteiger partial charge on any atom is 0.335 e. The first-order valence-corrected chi connectivity index (χ1v) is 6.39. The second-order valence-corrected chi connectivity index (χ2v) is 4.65. The van der Waals surface area contributed by atoms with Gasteiger partial charge in [-0.3, -0.25) is 4.98 Å². The molecule has 2 heterocycles. The average molecular weight is 271 g/mol. The van der Waals surface area contributed by atoms with Gasteiger partial charge >= 0.3 is 5.97 Å². The number of aromatic nitrogens is 2. The van der Waals surface area contributed by atoms with E-state index in [1.807, 2.05) is 30.1 Å². The number of aromatic carboxylic acids is 1. The van der Waals surface area contributed by atoms with Crippen LogP contribution in [0.5, 0.6) is 0 Å². The Hall–Kier alpha value is -2.43. The van der Waals surface area contributed by atoms with Crippen LogP contribution in [-0.2, 0) is 6.42 Å². The highest BCUT2D eigenvalue weighted by atomic mass is 16.4. The molecule has 0 aliphatic rings. The third-order valence-electron chi connectivity index (χ3n) is 3.01. The van der Waals surface area contributed by atoms with Crippen molar-refractivity contribution in [3.05, 3.63) is 53.5 Å². The van der Waals surface area contributed by atoms with Crippen molar-refractivity contribution >= 4 is 11.8 Å². The van der Waals surface area contributed by atoms with Crippen molar-refractivity contribution in [1.29, 1.82) is 0 Å². The molecule has 2 aromatic heterocycles. The maximum atomic E-state index is 11.1. The van der Waals surface area contributed by atoms with E-state index in [9.17, 15) is 4.79 Å². The molecule has 0 bridgehead atoms. The average Bonchev–Trinajstić information content (AvgIpc) is 2.45. The predicted molar refractivity (Wildman–Crippen MR) is 77.1 cm³/mol. The third kappa shape index (κ3) is 3.54. The highest BCUT2D eigenvalue weighted by molar-refractivity contribution is 5.88. The highest BCUT2D eigenvalue weighted by Crippen LogP contribution is 2.14. The number of aryl methyl sites for hydroxylation is 1. The van der Waals surface area contributed by atoms with Crippen LogP contribution < -0.4 is 4.90 Å². The summed E-state index contributed by atoms with van der Waals surface area (Å²) in [5.41, 5.74) is 1.97. The second-order valence-electron chi connectivity index (χ2n) is 4.65. The van der Waals surface area contributed by atoms with Gasteiger partial charge in [0.15, 0.2) is 0 Å². The fraction of sp³-hybridized carbons (Fsp3) is 0.267. The number of rotatable bonds is 5. The fourth-order valence-electron chi connectivity index (χ4n) is 1.91. The summed E-state index contributed by atoms with van der Waals surface area (Å²) in [4.78, 5) is 21.6. The van der Waals surface area contributed by atoms with Crippen LogP contribution in [0.3, 0.4) is 0 Å². The lowest BCUT2D eigenvalue weighted by atomic mass is 10.2. The Kier molecular flexibility index (Phi) is 4.30. The topological polar surface area (TPSA) is 66.3 Å². The van der Waals surface area contributed by atoms with Gasteiger partial charge in [-0.25, -0.2) is 9.78 Å². The SMILES string of the molecule is Cc1cc(C(=O)O)cc(N(C)CCc2ccccn2)n1. The number of hydrogen-bond donors (Lipinski definition) is 1. The summed E-state index contributed by atoms with van der Waals surface area (Å²) >= 11 is 0. The van der Waals surface area contributed by atoms with Gasteiger partial charge in [-0.15, -0.1) is 0 Å². The number of pyridine rings is 2. The van der Waals surface area contributed by atoms with E-state index in [4.69, 9.17) is 5.11 Å². The molecule has 0 saturated carbocycles. The number of carboxylic acids is 1. The molecule has 2 aromatic rings. The Morgan fingerprint density at radius 1 is 1.35 bits per heavy atom. The van der Waals surface area contributed by atoms with E-state index < -0.39 is 5.97 Å². The molecule has 1 N–H and O–H groups in total. The molecular formula is C15H17N3O2. The van der Waals surface area contributed by atoms with Crippen LogP contribution in [0.25, 0.3) is 0 Å². The number of hydrogen-bond acceptors (Lipinski definition) is 4. The van der Waals surface area contributed by atoms with Crippen molar-refractivity contribution in [2.45, 2.75) is 13.3 Å². The molecule has 0 aliphatic heterocycles. The summed E-state index contributed by atoms with van der Waals surface area (Å²) in [6.45, 7) is 2.52. The van der Waals surface area contributed by atoms with Crippen LogP contribution in [0, 0.1) is 6.92 Å². The van der Waals surface area contributed by atoms with Gasteiger partial charge in [0.25, 0.3) is 0 Å². The summed E-state index contributed by atoms with van der Waals surface area (Å²) < 4.78 is 0. The first-order chi connectivity index (χ1) is 9.56. The number of nitrogens with zero attached hydrogens (tertiary/aromatic N) is 3. The lowest BCUT2D eigenvalue weighted by molar-refractivity contribution is 0.0696. The molecule has 0 radical (unpaired) electrons. The fourth-order valence-corrected chi connectivity index (χ4v) is 1.91. The van der Waals surface area contributed by atoms with Crippen molar-refractivity contribution < 1.29 is 9.90 Å². The van der Waals surface area contributed by atoms with Crippen LogP contribution in [0.15, 0.2) is 36.5 Å². The van der Waals surface area contributed by atoms with Gasteiger partial charge < -0.3 is 10.0 Å². The molecule has 5 heteroatoms. The monoisotopic (exact) mass is 271 g/mol. The van der Waals surface area contributed by atoms with Crippen molar-refractivity contribution in [1.82, 2.24) is 9.97 Å². The van der Waals surface area contributed by atoms with E-state index in [1.165, 1.54) is 0 Å². The van der Waals surface area contributed by atoms with E-state index in [1.54, 1.807) is 25.3 Å². The van der Waals surface area contributed by atoms with E-state index >= 15 is 0 Å². The molecule has 0 aromatic carbocycles. The Bertz CT molecular complexity index is 599. The molecule has 0 saturated heterocycles. The molecule has 0 amide bonds. The van der Waals surface area contributed by atoms with Gasteiger partial charge in [0.05, 0.1) is 5.56 Å². The minimum atomic E-state index is -0.935. The number of carboxylic acid groups (broad SMARTS) is 1. The summed E-state index contributed by atoms with van der Waals surface area (Å²) in [5, 5.41) is 9.07. The zero-order valence-corrected chi connectivity index (χ0v) is 11.6. The first kappa shape index (κ1) is 14.0. The molecule has 5 nitrogen and oxygen atoms in total. The summed E-state index contributed by atoms with van der Waals surface area (Å²) in [5.74, 6) is -0.270. The Morgan fingerprint density at radius 3 is 2.80 bits per heavy atom. The van der Waals surface area contributed by atoms with Crippen LogP contribution >= 0.6 is 0 Å². The van der Waals surface area contributed by atoms with Gasteiger partial charge in [-0.05, 0) is 31.2 Å². The van der Waals surface area contributed by atoms with E-state index in [0.717, 1.165) is 18.7 Å². The predicted octanol–water partition coefficient (Wildman–Crippen LogP) is 2.16. The molecule has 2 rings (SSSR count). The van der Waals surface area contributed by atoms with E-state index in [0.29, 0.717) is 11.5 Å². The van der Waals surface area contributed by atoms with Crippen LogP contribution in [-0.4, -0.2) is 34.6 Å². The van der Waals surface area contributed by atoms with Gasteiger partial charge in [-0.1, -0.05) is 6.07 Å². The molecule has 0 spiro atoms. The van der Waals surface area contributed by atoms with Crippen molar-refractivity contribution in [2.24, 2.45) is 0 Å². The van der Waals surface area contributed by atoms with Crippen molar-refractivity contribution in [2.75, 3.05) is 18.5 Å². The Labute approximate surface area is 117 Å². The van der Waals surface area contributed by atoms with Crippen LogP contribution in [0.1, 0.15) is 21.7 Å². The summed E-state index contributed by atoms with van der Waals surface area (Å²) in [7, 11) is 1.90. The second kappa shape index (κ2) is 6.14. The zero-order valence-electron chi connectivity index (χ0n) is 11.6. The molecule has 0 unspecified atom stereocenters. The van der Waals surface area contributed by atoms with Gasteiger partial charge in [0, 0.05) is 37.6 Å². The van der Waals surface area contributed by atoms with E-state index in [2.05, 4.69) is 9.97 Å². The van der Waals surface area contributed by atoms with E-state index in [-0.39, 0.29) is 5.56 Å². The van der Waals surface area contributed by atoms with Gasteiger partial charge in [0.1, 0.15) is 5.82 Å². The maximum absolute atomic E-state index is 11.1. The minimum Gasteiger partial charge on any atom is -0.478 e.